The fourth-order valence-electron chi connectivity index (χ4n) is 2.78. The standard InChI is InChI=1S/C15H21N3O4/c1-3-11-8-12(21-17-11)14(19)16-15-9(2)13(18-22-15)10-4-6-20-7-5-10/h10,12H,3-8H2,1-2H3,(H,16,19). The normalized spacial score (nSPS) is 22.3. The van der Waals surface area contributed by atoms with Crippen LogP contribution in [-0.4, -0.2) is 36.1 Å². The summed E-state index contributed by atoms with van der Waals surface area (Å²) in [4.78, 5) is 17.3. The van der Waals surface area contributed by atoms with E-state index in [-0.39, 0.29) is 5.91 Å². The molecule has 1 N–H and O–H groups in total. The predicted molar refractivity (Wildman–Crippen MR) is 79.9 cm³/mol. The van der Waals surface area contributed by atoms with E-state index >= 15 is 0 Å². The lowest BCUT2D eigenvalue weighted by molar-refractivity contribution is -0.125. The molecule has 0 saturated carbocycles. The van der Waals surface area contributed by atoms with E-state index in [2.05, 4.69) is 15.6 Å². The van der Waals surface area contributed by atoms with E-state index in [1.807, 2.05) is 13.8 Å². The van der Waals surface area contributed by atoms with Gasteiger partial charge in [0.05, 0.1) is 11.4 Å². The fraction of sp³-hybridized carbons (Fsp3) is 0.667. The number of rotatable bonds is 4. The second-order valence-corrected chi connectivity index (χ2v) is 5.71. The Labute approximate surface area is 129 Å². The van der Waals surface area contributed by atoms with Crippen LogP contribution in [0.3, 0.4) is 0 Å². The van der Waals surface area contributed by atoms with Gasteiger partial charge in [-0.3, -0.25) is 10.1 Å². The average molecular weight is 307 g/mol. The van der Waals surface area contributed by atoms with E-state index in [1.165, 1.54) is 0 Å². The molecule has 1 fully saturated rings. The van der Waals surface area contributed by atoms with Crippen LogP contribution < -0.4 is 5.32 Å². The summed E-state index contributed by atoms with van der Waals surface area (Å²) in [6.07, 6.45) is 2.60. The highest BCUT2D eigenvalue weighted by Gasteiger charge is 2.30. The van der Waals surface area contributed by atoms with Gasteiger partial charge in [-0.1, -0.05) is 17.2 Å². The van der Waals surface area contributed by atoms with Crippen molar-refractivity contribution >= 4 is 17.5 Å². The third-order valence-electron chi connectivity index (χ3n) is 4.24. The van der Waals surface area contributed by atoms with Gasteiger partial charge in [0.15, 0.2) is 0 Å². The lowest BCUT2D eigenvalue weighted by Gasteiger charge is -2.20. The minimum Gasteiger partial charge on any atom is -0.382 e. The third kappa shape index (κ3) is 2.99. The Morgan fingerprint density at radius 2 is 2.14 bits per heavy atom. The van der Waals surface area contributed by atoms with Gasteiger partial charge in [0.2, 0.25) is 12.0 Å². The molecule has 1 aromatic rings. The molecule has 0 aliphatic carbocycles. The molecule has 7 nitrogen and oxygen atoms in total. The number of oxime groups is 1. The van der Waals surface area contributed by atoms with Crippen molar-refractivity contribution in [1.29, 1.82) is 0 Å². The molecule has 1 saturated heterocycles. The van der Waals surface area contributed by atoms with Crippen LogP contribution in [-0.2, 0) is 14.4 Å². The smallest absolute Gasteiger partial charge is 0.271 e. The molecule has 0 aromatic carbocycles. The molecule has 1 aromatic heterocycles. The molecule has 7 heteroatoms. The number of hydrogen-bond acceptors (Lipinski definition) is 6. The van der Waals surface area contributed by atoms with Crippen LogP contribution in [0.25, 0.3) is 0 Å². The Bertz CT molecular complexity index is 575. The Hall–Kier alpha value is -1.89. The largest absolute Gasteiger partial charge is 0.382 e. The molecule has 0 spiro atoms. The Morgan fingerprint density at radius 1 is 1.36 bits per heavy atom. The van der Waals surface area contributed by atoms with Gasteiger partial charge in [-0.2, -0.15) is 0 Å². The van der Waals surface area contributed by atoms with Crippen LogP contribution in [0.15, 0.2) is 9.68 Å². The number of aromatic nitrogens is 1. The van der Waals surface area contributed by atoms with Gasteiger partial charge in [0.25, 0.3) is 5.91 Å². The highest BCUT2D eigenvalue weighted by atomic mass is 16.6. The summed E-state index contributed by atoms with van der Waals surface area (Å²) >= 11 is 0. The molecule has 120 valence electrons. The van der Waals surface area contributed by atoms with Crippen LogP contribution in [0.2, 0.25) is 0 Å². The Morgan fingerprint density at radius 3 is 2.82 bits per heavy atom. The first-order valence-electron chi connectivity index (χ1n) is 7.75. The number of nitrogens with one attached hydrogen (secondary N) is 1. The first kappa shape index (κ1) is 15.0. The minimum atomic E-state index is -0.578. The molecule has 3 rings (SSSR count). The average Bonchev–Trinajstić information content (AvgIpc) is 3.16. The SMILES string of the molecule is CCC1=NOC(C(=O)Nc2onc(C3CCOCC3)c2C)C1. The minimum absolute atomic E-state index is 0.245. The molecule has 1 amide bonds. The van der Waals surface area contributed by atoms with Gasteiger partial charge in [-0.25, -0.2) is 0 Å². The number of amides is 1. The zero-order valence-electron chi connectivity index (χ0n) is 12.9. The summed E-state index contributed by atoms with van der Waals surface area (Å²) in [6.45, 7) is 5.39. The van der Waals surface area contributed by atoms with Crippen LogP contribution in [0.5, 0.6) is 0 Å². The molecular weight excluding hydrogens is 286 g/mol. The Kier molecular flexibility index (Phi) is 4.42. The summed E-state index contributed by atoms with van der Waals surface area (Å²) in [6, 6.07) is 0. The summed E-state index contributed by atoms with van der Waals surface area (Å²) in [5, 5.41) is 10.8. The molecule has 1 atom stereocenters. The van der Waals surface area contributed by atoms with Crippen LogP contribution in [0.1, 0.15) is 49.8 Å². The fourth-order valence-corrected chi connectivity index (χ4v) is 2.78. The third-order valence-corrected chi connectivity index (χ3v) is 4.24. The van der Waals surface area contributed by atoms with Gasteiger partial charge < -0.3 is 14.1 Å². The molecular formula is C15H21N3O4. The van der Waals surface area contributed by atoms with Crippen molar-refractivity contribution in [2.24, 2.45) is 5.16 Å². The van der Waals surface area contributed by atoms with Crippen molar-refractivity contribution in [3.63, 3.8) is 0 Å². The lowest BCUT2D eigenvalue weighted by atomic mass is 9.94. The van der Waals surface area contributed by atoms with E-state index in [0.29, 0.717) is 18.2 Å². The molecule has 2 aliphatic rings. The first-order chi connectivity index (χ1) is 10.7. The Balaban J connectivity index is 1.63. The van der Waals surface area contributed by atoms with E-state index in [9.17, 15) is 4.79 Å². The molecule has 2 aliphatic heterocycles. The molecule has 0 bridgehead atoms. The lowest BCUT2D eigenvalue weighted by Crippen LogP contribution is -2.28. The molecule has 0 radical (unpaired) electrons. The van der Waals surface area contributed by atoms with E-state index in [1.54, 1.807) is 0 Å². The maximum absolute atomic E-state index is 12.2. The number of hydrogen-bond donors (Lipinski definition) is 1. The number of ether oxygens (including phenoxy) is 1. The maximum Gasteiger partial charge on any atom is 0.271 e. The zero-order chi connectivity index (χ0) is 15.5. The second-order valence-electron chi connectivity index (χ2n) is 5.71. The van der Waals surface area contributed by atoms with Crippen molar-refractivity contribution in [2.45, 2.75) is 51.6 Å². The molecule has 22 heavy (non-hydrogen) atoms. The van der Waals surface area contributed by atoms with E-state index in [4.69, 9.17) is 14.1 Å². The van der Waals surface area contributed by atoms with E-state index in [0.717, 1.165) is 49.4 Å². The number of nitrogens with zero attached hydrogens (tertiary/aromatic N) is 2. The molecule has 3 heterocycles. The van der Waals surface area contributed by atoms with Gasteiger partial charge >= 0.3 is 0 Å². The number of carbonyl (C=O) groups is 1. The second kappa shape index (κ2) is 6.48. The first-order valence-corrected chi connectivity index (χ1v) is 7.75. The molecule has 1 unspecified atom stereocenters. The van der Waals surface area contributed by atoms with Gasteiger partial charge in [0, 0.05) is 31.1 Å². The maximum atomic E-state index is 12.2. The summed E-state index contributed by atoms with van der Waals surface area (Å²) in [5.74, 6) is 0.492. The monoisotopic (exact) mass is 307 g/mol. The predicted octanol–water partition coefficient (Wildman–Crippen LogP) is 2.37. The highest BCUT2D eigenvalue weighted by molar-refractivity contribution is 5.98. The van der Waals surface area contributed by atoms with E-state index < -0.39 is 6.10 Å². The van der Waals surface area contributed by atoms with Gasteiger partial charge in [-0.05, 0) is 26.2 Å². The van der Waals surface area contributed by atoms with Gasteiger partial charge in [-0.15, -0.1) is 0 Å². The van der Waals surface area contributed by atoms with Crippen molar-refractivity contribution in [3.05, 3.63) is 11.3 Å². The van der Waals surface area contributed by atoms with Crippen molar-refractivity contribution in [2.75, 3.05) is 18.5 Å². The summed E-state index contributed by atoms with van der Waals surface area (Å²) < 4.78 is 10.7. The van der Waals surface area contributed by atoms with Crippen LogP contribution in [0, 0.1) is 6.92 Å². The topological polar surface area (TPSA) is 86.0 Å². The number of carbonyl (C=O) groups excluding carboxylic acids is 1. The van der Waals surface area contributed by atoms with Crippen molar-refractivity contribution in [1.82, 2.24) is 5.16 Å². The number of anilines is 1. The zero-order valence-corrected chi connectivity index (χ0v) is 12.9. The van der Waals surface area contributed by atoms with Crippen molar-refractivity contribution in [3.8, 4) is 0 Å². The summed E-state index contributed by atoms with van der Waals surface area (Å²) in [7, 11) is 0. The van der Waals surface area contributed by atoms with Gasteiger partial charge in [0.1, 0.15) is 0 Å². The summed E-state index contributed by atoms with van der Waals surface area (Å²) in [5.41, 5.74) is 2.70. The van der Waals surface area contributed by atoms with Crippen LogP contribution in [0.4, 0.5) is 5.88 Å². The highest BCUT2D eigenvalue weighted by Crippen LogP contribution is 2.32. The van der Waals surface area contributed by atoms with Crippen molar-refractivity contribution < 1.29 is 18.9 Å². The quantitative estimate of drug-likeness (QED) is 0.923. The van der Waals surface area contributed by atoms with Crippen LogP contribution >= 0.6 is 0 Å².